The maximum Gasteiger partial charge on any atom is 0.325 e. The highest BCUT2D eigenvalue weighted by Gasteiger charge is 1.99. The summed E-state index contributed by atoms with van der Waals surface area (Å²) in [6.45, 7) is 5.88. The Labute approximate surface area is 84.9 Å². The minimum atomic E-state index is -0.418. The van der Waals surface area contributed by atoms with Crippen LogP contribution in [0.15, 0.2) is 24.3 Å². The molecule has 78 valence electrons. The predicted molar refractivity (Wildman–Crippen MR) is 57.2 cm³/mol. The lowest BCUT2D eigenvalue weighted by Crippen LogP contribution is -2.19. The Balaban J connectivity index is 0.000000791. The van der Waals surface area contributed by atoms with Crippen molar-refractivity contribution in [3.8, 4) is 5.75 Å². The molecule has 3 nitrogen and oxygen atoms in total. The minimum Gasteiger partial charge on any atom is -0.426 e. The third-order valence-corrected chi connectivity index (χ3v) is 1.42. The highest BCUT2D eigenvalue weighted by molar-refractivity contribution is 5.74. The molecule has 3 heteroatoms. The number of nitrogens with two attached hydrogens (primary N) is 1. The average Bonchev–Trinajstić information content (AvgIpc) is 2.24. The number of hydrogen-bond donors (Lipinski definition) is 1. The zero-order valence-electron chi connectivity index (χ0n) is 8.91. The Bertz CT molecular complexity index is 267. The van der Waals surface area contributed by atoms with Gasteiger partial charge in [0.2, 0.25) is 0 Å². The lowest BCUT2D eigenvalue weighted by Gasteiger charge is -2.01. The van der Waals surface area contributed by atoms with E-state index in [0.29, 0.717) is 5.75 Å². The number of carbonyl (C=O) groups is 1. The molecular formula is C11H17NO2. The Morgan fingerprint density at radius 1 is 1.29 bits per heavy atom. The summed E-state index contributed by atoms with van der Waals surface area (Å²) >= 11 is 0. The molecule has 0 aliphatic carbocycles. The Morgan fingerprint density at radius 2 is 1.79 bits per heavy atom. The van der Waals surface area contributed by atoms with E-state index in [1.807, 2.05) is 32.9 Å². The quantitative estimate of drug-likeness (QED) is 0.579. The largest absolute Gasteiger partial charge is 0.426 e. The number of carbonyl (C=O) groups excluding carboxylic acids is 1. The van der Waals surface area contributed by atoms with E-state index < -0.39 is 5.97 Å². The van der Waals surface area contributed by atoms with Crippen molar-refractivity contribution in [1.82, 2.24) is 0 Å². The van der Waals surface area contributed by atoms with Crippen molar-refractivity contribution in [3.05, 3.63) is 29.8 Å². The first-order chi connectivity index (χ1) is 6.72. The molecule has 0 heterocycles. The second-order valence-corrected chi connectivity index (χ2v) is 2.49. The van der Waals surface area contributed by atoms with Crippen molar-refractivity contribution in [2.24, 2.45) is 5.73 Å². The van der Waals surface area contributed by atoms with Crippen LogP contribution in [0, 0.1) is 6.92 Å². The smallest absolute Gasteiger partial charge is 0.325 e. The van der Waals surface area contributed by atoms with Crippen LogP contribution in [0.2, 0.25) is 0 Å². The van der Waals surface area contributed by atoms with Gasteiger partial charge in [-0.3, -0.25) is 4.79 Å². The fourth-order valence-electron chi connectivity index (χ4n) is 0.779. The fraction of sp³-hybridized carbons (Fsp3) is 0.364. The summed E-state index contributed by atoms with van der Waals surface area (Å²) < 4.78 is 4.85. The first-order valence-electron chi connectivity index (χ1n) is 4.70. The van der Waals surface area contributed by atoms with Gasteiger partial charge in [-0.05, 0) is 19.1 Å². The van der Waals surface area contributed by atoms with E-state index in [-0.39, 0.29) is 6.54 Å². The van der Waals surface area contributed by atoms with Crippen LogP contribution in [-0.2, 0) is 4.79 Å². The Morgan fingerprint density at radius 3 is 2.21 bits per heavy atom. The summed E-state index contributed by atoms with van der Waals surface area (Å²) in [4.78, 5) is 10.7. The standard InChI is InChI=1S/C9H11NO2.C2H6/c1-7-2-4-8(5-3-7)12-9(11)6-10;1-2/h2-5H,6,10H2,1H3;1-2H3. The molecule has 0 saturated heterocycles. The van der Waals surface area contributed by atoms with Gasteiger partial charge in [0.1, 0.15) is 5.75 Å². The van der Waals surface area contributed by atoms with Gasteiger partial charge in [0.05, 0.1) is 6.54 Å². The Hall–Kier alpha value is -1.35. The van der Waals surface area contributed by atoms with Crippen molar-refractivity contribution < 1.29 is 9.53 Å². The zero-order chi connectivity index (χ0) is 11.0. The van der Waals surface area contributed by atoms with Crippen molar-refractivity contribution in [3.63, 3.8) is 0 Å². The molecule has 0 aliphatic rings. The number of ether oxygens (including phenoxy) is 1. The molecule has 1 aromatic carbocycles. The van der Waals surface area contributed by atoms with Gasteiger partial charge in [-0.25, -0.2) is 0 Å². The summed E-state index contributed by atoms with van der Waals surface area (Å²) in [5.41, 5.74) is 6.20. The van der Waals surface area contributed by atoms with E-state index in [1.165, 1.54) is 0 Å². The van der Waals surface area contributed by atoms with Crippen LogP contribution in [0.4, 0.5) is 0 Å². The molecule has 0 fully saturated rings. The monoisotopic (exact) mass is 195 g/mol. The normalized spacial score (nSPS) is 8.57. The number of esters is 1. The van der Waals surface area contributed by atoms with Gasteiger partial charge in [0.15, 0.2) is 0 Å². The van der Waals surface area contributed by atoms with Crippen LogP contribution in [0.5, 0.6) is 5.75 Å². The third kappa shape index (κ3) is 4.62. The van der Waals surface area contributed by atoms with Crippen molar-refractivity contribution in [2.45, 2.75) is 20.8 Å². The average molecular weight is 195 g/mol. The van der Waals surface area contributed by atoms with Gasteiger partial charge in [-0.2, -0.15) is 0 Å². The van der Waals surface area contributed by atoms with E-state index in [1.54, 1.807) is 12.1 Å². The third-order valence-electron chi connectivity index (χ3n) is 1.42. The molecule has 0 unspecified atom stereocenters. The first-order valence-corrected chi connectivity index (χ1v) is 4.70. The van der Waals surface area contributed by atoms with Crippen LogP contribution in [-0.4, -0.2) is 12.5 Å². The molecule has 0 saturated carbocycles. The van der Waals surface area contributed by atoms with E-state index in [4.69, 9.17) is 10.5 Å². The molecule has 2 N–H and O–H groups in total. The topological polar surface area (TPSA) is 52.3 Å². The van der Waals surface area contributed by atoms with Crippen LogP contribution >= 0.6 is 0 Å². The SMILES string of the molecule is CC.Cc1ccc(OC(=O)CN)cc1. The molecule has 0 bridgehead atoms. The van der Waals surface area contributed by atoms with E-state index >= 15 is 0 Å². The molecule has 0 spiro atoms. The first kappa shape index (κ1) is 12.7. The summed E-state index contributed by atoms with van der Waals surface area (Å²) in [6, 6.07) is 7.23. The number of benzene rings is 1. The fourth-order valence-corrected chi connectivity index (χ4v) is 0.779. The Kier molecular flexibility index (Phi) is 6.41. The summed E-state index contributed by atoms with van der Waals surface area (Å²) in [5.74, 6) is 0.120. The van der Waals surface area contributed by atoms with Gasteiger partial charge in [-0.1, -0.05) is 31.5 Å². The highest BCUT2D eigenvalue weighted by atomic mass is 16.5. The molecule has 1 rings (SSSR count). The number of rotatable bonds is 2. The molecule has 0 amide bonds. The summed E-state index contributed by atoms with van der Waals surface area (Å²) in [7, 11) is 0. The van der Waals surface area contributed by atoms with Gasteiger partial charge < -0.3 is 10.5 Å². The van der Waals surface area contributed by atoms with Gasteiger partial charge >= 0.3 is 5.97 Å². The van der Waals surface area contributed by atoms with Gasteiger partial charge in [0.25, 0.3) is 0 Å². The van der Waals surface area contributed by atoms with Crippen molar-refractivity contribution in [1.29, 1.82) is 0 Å². The molecular weight excluding hydrogens is 178 g/mol. The van der Waals surface area contributed by atoms with Crippen LogP contribution < -0.4 is 10.5 Å². The van der Waals surface area contributed by atoms with Crippen molar-refractivity contribution >= 4 is 5.97 Å². The lowest BCUT2D eigenvalue weighted by atomic mass is 10.2. The second-order valence-electron chi connectivity index (χ2n) is 2.49. The molecule has 0 aromatic heterocycles. The minimum absolute atomic E-state index is 0.0894. The van der Waals surface area contributed by atoms with E-state index in [0.717, 1.165) is 5.56 Å². The van der Waals surface area contributed by atoms with E-state index in [9.17, 15) is 4.79 Å². The van der Waals surface area contributed by atoms with Crippen LogP contribution in [0.1, 0.15) is 19.4 Å². The van der Waals surface area contributed by atoms with E-state index in [2.05, 4.69) is 0 Å². The summed E-state index contributed by atoms with van der Waals surface area (Å²) in [5, 5.41) is 0. The molecule has 0 radical (unpaired) electrons. The molecule has 14 heavy (non-hydrogen) atoms. The van der Waals surface area contributed by atoms with Crippen LogP contribution in [0.25, 0.3) is 0 Å². The van der Waals surface area contributed by atoms with Gasteiger partial charge in [-0.15, -0.1) is 0 Å². The number of aryl methyl sites for hydroxylation is 1. The van der Waals surface area contributed by atoms with Crippen LogP contribution in [0.3, 0.4) is 0 Å². The maximum absolute atomic E-state index is 10.7. The predicted octanol–water partition coefficient (Wildman–Crippen LogP) is 1.89. The highest BCUT2D eigenvalue weighted by Crippen LogP contribution is 2.10. The number of hydrogen-bond acceptors (Lipinski definition) is 3. The molecule has 1 aromatic rings. The van der Waals surface area contributed by atoms with Gasteiger partial charge in [0, 0.05) is 0 Å². The summed E-state index contributed by atoms with van der Waals surface area (Å²) in [6.07, 6.45) is 0. The molecule has 0 atom stereocenters. The lowest BCUT2D eigenvalue weighted by molar-refractivity contribution is -0.132. The maximum atomic E-state index is 10.7. The zero-order valence-corrected chi connectivity index (χ0v) is 8.91. The second kappa shape index (κ2) is 7.09. The van der Waals surface area contributed by atoms with Crippen molar-refractivity contribution in [2.75, 3.05) is 6.54 Å². The molecule has 0 aliphatic heterocycles.